The summed E-state index contributed by atoms with van der Waals surface area (Å²) in [6.07, 6.45) is 1.01. The number of hydrogen-bond donors (Lipinski definition) is 2. The minimum atomic E-state index is -3.61. The molecule has 0 unspecified atom stereocenters. The average molecular weight is 311 g/mol. The Kier molecular flexibility index (Phi) is 6.38. The van der Waals surface area contributed by atoms with Crippen LogP contribution in [0, 0.1) is 0 Å². The summed E-state index contributed by atoms with van der Waals surface area (Å²) >= 11 is 11.6. The summed E-state index contributed by atoms with van der Waals surface area (Å²) in [6.45, 7) is 3.79. The first kappa shape index (κ1) is 15.7. The van der Waals surface area contributed by atoms with E-state index >= 15 is 0 Å². The van der Waals surface area contributed by atoms with Crippen molar-refractivity contribution in [2.24, 2.45) is 0 Å². The van der Waals surface area contributed by atoms with E-state index in [2.05, 4.69) is 10.0 Å². The van der Waals surface area contributed by atoms with Gasteiger partial charge < -0.3 is 5.32 Å². The molecule has 0 bridgehead atoms. The van der Waals surface area contributed by atoms with E-state index in [4.69, 9.17) is 23.2 Å². The van der Waals surface area contributed by atoms with Gasteiger partial charge in [0.05, 0.1) is 5.02 Å². The van der Waals surface area contributed by atoms with Crippen LogP contribution in [0.3, 0.4) is 0 Å². The van der Waals surface area contributed by atoms with Crippen LogP contribution >= 0.6 is 23.2 Å². The molecule has 7 heteroatoms. The van der Waals surface area contributed by atoms with Gasteiger partial charge in [-0.3, -0.25) is 0 Å². The molecule has 0 radical (unpaired) electrons. The standard InChI is InChI=1S/C11H16Cl2N2O2S/c1-2-5-14-6-7-15-18(16,17)11-8-9(12)3-4-10(11)13/h3-4,8,14-15H,2,5-7H2,1H3. The van der Waals surface area contributed by atoms with Crippen LogP contribution in [0.5, 0.6) is 0 Å². The summed E-state index contributed by atoms with van der Waals surface area (Å²) < 4.78 is 26.4. The Hall–Kier alpha value is -0.330. The van der Waals surface area contributed by atoms with Crippen molar-refractivity contribution in [3.8, 4) is 0 Å². The highest BCUT2D eigenvalue weighted by Crippen LogP contribution is 2.24. The first-order valence-electron chi connectivity index (χ1n) is 5.63. The van der Waals surface area contributed by atoms with Crippen molar-refractivity contribution in [1.29, 1.82) is 0 Å². The van der Waals surface area contributed by atoms with E-state index in [9.17, 15) is 8.42 Å². The molecule has 1 aromatic carbocycles. The fourth-order valence-corrected chi connectivity index (χ4v) is 3.13. The van der Waals surface area contributed by atoms with Crippen molar-refractivity contribution in [2.75, 3.05) is 19.6 Å². The van der Waals surface area contributed by atoms with E-state index < -0.39 is 10.0 Å². The zero-order valence-corrected chi connectivity index (χ0v) is 12.4. The van der Waals surface area contributed by atoms with Crippen molar-refractivity contribution >= 4 is 33.2 Å². The number of sulfonamides is 1. The molecule has 0 aliphatic heterocycles. The Morgan fingerprint density at radius 2 is 1.89 bits per heavy atom. The Labute approximate surface area is 118 Å². The summed E-state index contributed by atoms with van der Waals surface area (Å²) in [4.78, 5) is 0.00663. The average Bonchev–Trinajstić information content (AvgIpc) is 2.32. The predicted octanol–water partition coefficient (Wildman–Crippen LogP) is 2.27. The minimum Gasteiger partial charge on any atom is -0.315 e. The van der Waals surface area contributed by atoms with Gasteiger partial charge in [0.25, 0.3) is 0 Å². The number of rotatable bonds is 7. The van der Waals surface area contributed by atoms with Gasteiger partial charge in [0.2, 0.25) is 10.0 Å². The van der Waals surface area contributed by atoms with E-state index in [0.29, 0.717) is 18.1 Å². The number of benzene rings is 1. The molecular weight excluding hydrogens is 295 g/mol. The van der Waals surface area contributed by atoms with Crippen LogP contribution in [0.2, 0.25) is 10.0 Å². The normalized spacial score (nSPS) is 11.7. The third-order valence-electron chi connectivity index (χ3n) is 2.20. The molecular formula is C11H16Cl2N2O2S. The molecule has 4 nitrogen and oxygen atoms in total. The molecule has 1 aromatic rings. The van der Waals surface area contributed by atoms with Gasteiger partial charge in [0, 0.05) is 18.1 Å². The van der Waals surface area contributed by atoms with Gasteiger partial charge in [0.1, 0.15) is 4.90 Å². The Bertz CT molecular complexity index is 492. The van der Waals surface area contributed by atoms with Crippen LogP contribution in [0.1, 0.15) is 13.3 Å². The van der Waals surface area contributed by atoms with Crippen molar-refractivity contribution in [1.82, 2.24) is 10.0 Å². The van der Waals surface area contributed by atoms with Crippen molar-refractivity contribution < 1.29 is 8.42 Å². The van der Waals surface area contributed by atoms with E-state index in [0.717, 1.165) is 13.0 Å². The van der Waals surface area contributed by atoms with Crippen LogP contribution < -0.4 is 10.0 Å². The molecule has 2 N–H and O–H groups in total. The summed E-state index contributed by atoms with van der Waals surface area (Å²) in [6, 6.07) is 4.35. The summed E-state index contributed by atoms with van der Waals surface area (Å²) in [5.74, 6) is 0. The lowest BCUT2D eigenvalue weighted by Gasteiger charge is -2.09. The molecule has 0 saturated heterocycles. The maximum Gasteiger partial charge on any atom is 0.242 e. The van der Waals surface area contributed by atoms with Gasteiger partial charge in [-0.1, -0.05) is 30.1 Å². The molecule has 102 valence electrons. The van der Waals surface area contributed by atoms with E-state index in [-0.39, 0.29) is 9.92 Å². The molecule has 0 heterocycles. The van der Waals surface area contributed by atoms with Crippen LogP contribution in [-0.2, 0) is 10.0 Å². The molecule has 0 saturated carbocycles. The zero-order chi connectivity index (χ0) is 13.6. The third-order valence-corrected chi connectivity index (χ3v) is 4.38. The van der Waals surface area contributed by atoms with Crippen molar-refractivity contribution in [3.63, 3.8) is 0 Å². The first-order valence-corrected chi connectivity index (χ1v) is 7.86. The van der Waals surface area contributed by atoms with Crippen LogP contribution in [0.25, 0.3) is 0 Å². The fourth-order valence-electron chi connectivity index (χ4n) is 1.34. The fraction of sp³-hybridized carbons (Fsp3) is 0.455. The van der Waals surface area contributed by atoms with Gasteiger partial charge >= 0.3 is 0 Å². The SMILES string of the molecule is CCCNCCNS(=O)(=O)c1cc(Cl)ccc1Cl. The largest absolute Gasteiger partial charge is 0.315 e. The molecule has 0 aliphatic carbocycles. The number of hydrogen-bond acceptors (Lipinski definition) is 3. The maximum atomic E-state index is 12.0. The first-order chi connectivity index (χ1) is 8.47. The highest BCUT2D eigenvalue weighted by Gasteiger charge is 2.17. The summed E-state index contributed by atoms with van der Waals surface area (Å²) in [5, 5.41) is 3.60. The number of halogens is 2. The third kappa shape index (κ3) is 4.74. The van der Waals surface area contributed by atoms with Gasteiger partial charge in [-0.2, -0.15) is 0 Å². The van der Waals surface area contributed by atoms with E-state index in [1.165, 1.54) is 12.1 Å². The van der Waals surface area contributed by atoms with E-state index in [1.54, 1.807) is 6.07 Å². The summed E-state index contributed by atoms with van der Waals surface area (Å²) in [5.41, 5.74) is 0. The topological polar surface area (TPSA) is 58.2 Å². The lowest BCUT2D eigenvalue weighted by atomic mass is 10.4. The van der Waals surface area contributed by atoms with E-state index in [1.807, 2.05) is 6.92 Å². The molecule has 0 atom stereocenters. The van der Waals surface area contributed by atoms with Crippen molar-refractivity contribution in [3.05, 3.63) is 28.2 Å². The van der Waals surface area contributed by atoms with Crippen LogP contribution in [0.4, 0.5) is 0 Å². The number of nitrogens with one attached hydrogen (secondary N) is 2. The lowest BCUT2D eigenvalue weighted by molar-refractivity contribution is 0.575. The van der Waals surface area contributed by atoms with Gasteiger partial charge in [0.15, 0.2) is 0 Å². The smallest absolute Gasteiger partial charge is 0.242 e. The quantitative estimate of drug-likeness (QED) is 0.760. The highest BCUT2D eigenvalue weighted by atomic mass is 35.5. The Balaban J connectivity index is 2.66. The van der Waals surface area contributed by atoms with Gasteiger partial charge in [-0.05, 0) is 31.2 Å². The zero-order valence-electron chi connectivity index (χ0n) is 10.0. The second-order valence-corrected chi connectivity index (χ2v) is 6.30. The van der Waals surface area contributed by atoms with Gasteiger partial charge in [-0.25, -0.2) is 13.1 Å². The molecule has 0 aromatic heterocycles. The Morgan fingerprint density at radius 3 is 2.56 bits per heavy atom. The van der Waals surface area contributed by atoms with Crippen LogP contribution in [0.15, 0.2) is 23.1 Å². The monoisotopic (exact) mass is 310 g/mol. The van der Waals surface area contributed by atoms with Gasteiger partial charge in [-0.15, -0.1) is 0 Å². The second kappa shape index (κ2) is 7.31. The lowest BCUT2D eigenvalue weighted by Crippen LogP contribution is -2.32. The minimum absolute atomic E-state index is 0.00663. The van der Waals surface area contributed by atoms with Crippen molar-refractivity contribution in [2.45, 2.75) is 18.2 Å². The predicted molar refractivity (Wildman–Crippen MR) is 74.8 cm³/mol. The van der Waals surface area contributed by atoms with Crippen LogP contribution in [-0.4, -0.2) is 28.1 Å². The molecule has 0 aliphatic rings. The summed E-state index contributed by atoms with van der Waals surface area (Å²) in [7, 11) is -3.61. The Morgan fingerprint density at radius 1 is 1.17 bits per heavy atom. The molecule has 1 rings (SSSR count). The maximum absolute atomic E-state index is 12.0. The molecule has 0 fully saturated rings. The molecule has 0 spiro atoms. The molecule has 0 amide bonds. The molecule has 18 heavy (non-hydrogen) atoms. The highest BCUT2D eigenvalue weighted by molar-refractivity contribution is 7.89. The second-order valence-electron chi connectivity index (χ2n) is 3.72.